The van der Waals surface area contributed by atoms with Gasteiger partial charge in [-0.05, 0) is 22.0 Å². The lowest BCUT2D eigenvalue weighted by Gasteiger charge is -2.12. The largest absolute Gasteiger partial charge is 0.493 e. The van der Waals surface area contributed by atoms with Crippen molar-refractivity contribution in [2.24, 2.45) is 5.90 Å². The van der Waals surface area contributed by atoms with Gasteiger partial charge in [0.05, 0.1) is 25.3 Å². The van der Waals surface area contributed by atoms with Crippen LogP contribution in [0, 0.1) is 5.82 Å². The van der Waals surface area contributed by atoms with Crippen molar-refractivity contribution in [2.75, 3.05) is 14.2 Å². The molecule has 2 N–H and O–H groups in total. The van der Waals surface area contributed by atoms with Crippen LogP contribution in [0.4, 0.5) is 4.39 Å². The van der Waals surface area contributed by atoms with Crippen molar-refractivity contribution in [3.05, 3.63) is 21.9 Å². The number of ether oxygens (including phenoxy) is 2. The minimum atomic E-state index is -0.474. The highest BCUT2D eigenvalue weighted by Crippen LogP contribution is 2.38. The van der Waals surface area contributed by atoms with Crippen LogP contribution in [0.5, 0.6) is 11.5 Å². The van der Waals surface area contributed by atoms with E-state index in [0.717, 1.165) is 0 Å². The lowest BCUT2D eigenvalue weighted by Crippen LogP contribution is -2.03. The third-order valence-electron chi connectivity index (χ3n) is 1.87. The fourth-order valence-electron chi connectivity index (χ4n) is 1.17. The SMILES string of the molecule is COc1cc(CON)c(F)c(Br)c1OC. The molecular weight excluding hydrogens is 269 g/mol. The Morgan fingerprint density at radius 2 is 2.07 bits per heavy atom. The van der Waals surface area contributed by atoms with Crippen LogP contribution in [0.25, 0.3) is 0 Å². The number of halogens is 2. The summed E-state index contributed by atoms with van der Waals surface area (Å²) in [6.07, 6.45) is 0. The van der Waals surface area contributed by atoms with Gasteiger partial charge in [-0.15, -0.1) is 0 Å². The van der Waals surface area contributed by atoms with Gasteiger partial charge in [-0.25, -0.2) is 10.3 Å². The normalized spacial score (nSPS) is 10.2. The molecule has 0 saturated heterocycles. The van der Waals surface area contributed by atoms with Crippen LogP contribution in [0.15, 0.2) is 10.5 Å². The molecule has 6 heteroatoms. The van der Waals surface area contributed by atoms with E-state index in [9.17, 15) is 4.39 Å². The van der Waals surface area contributed by atoms with E-state index in [-0.39, 0.29) is 11.1 Å². The first-order chi connectivity index (χ1) is 7.15. The Labute approximate surface area is 95.2 Å². The molecule has 1 rings (SSSR count). The summed E-state index contributed by atoms with van der Waals surface area (Å²) in [6, 6.07) is 1.48. The molecule has 0 atom stereocenters. The van der Waals surface area contributed by atoms with E-state index in [0.29, 0.717) is 17.1 Å². The predicted octanol–water partition coefficient (Wildman–Crippen LogP) is 2.00. The maximum Gasteiger partial charge on any atom is 0.177 e. The zero-order valence-corrected chi connectivity index (χ0v) is 9.93. The van der Waals surface area contributed by atoms with Crippen LogP contribution < -0.4 is 15.4 Å². The molecule has 0 spiro atoms. The lowest BCUT2D eigenvalue weighted by atomic mass is 10.2. The summed E-state index contributed by atoms with van der Waals surface area (Å²) in [4.78, 5) is 4.38. The first-order valence-electron chi connectivity index (χ1n) is 4.06. The van der Waals surface area contributed by atoms with Crippen LogP contribution in [0.3, 0.4) is 0 Å². The van der Waals surface area contributed by atoms with E-state index in [2.05, 4.69) is 20.8 Å². The number of hydrogen-bond acceptors (Lipinski definition) is 4. The van der Waals surface area contributed by atoms with Crippen LogP contribution in [0.1, 0.15) is 5.56 Å². The fourth-order valence-corrected chi connectivity index (χ4v) is 1.78. The Morgan fingerprint density at radius 1 is 1.40 bits per heavy atom. The second-order valence-corrected chi connectivity index (χ2v) is 3.50. The monoisotopic (exact) mass is 279 g/mol. The average Bonchev–Trinajstić information content (AvgIpc) is 2.24. The van der Waals surface area contributed by atoms with Crippen LogP contribution in [0.2, 0.25) is 0 Å². The number of benzene rings is 1. The minimum absolute atomic E-state index is 0.0369. The molecule has 0 aliphatic rings. The zero-order chi connectivity index (χ0) is 11.4. The second-order valence-electron chi connectivity index (χ2n) is 2.71. The molecule has 0 saturated carbocycles. The van der Waals surface area contributed by atoms with E-state index in [1.54, 1.807) is 0 Å². The van der Waals surface area contributed by atoms with Crippen molar-refractivity contribution in [3.63, 3.8) is 0 Å². The molecule has 4 nitrogen and oxygen atoms in total. The molecule has 1 aromatic carbocycles. The molecule has 0 amide bonds. The first kappa shape index (κ1) is 12.2. The fraction of sp³-hybridized carbons (Fsp3) is 0.333. The summed E-state index contributed by atoms with van der Waals surface area (Å²) in [5.74, 6) is 5.13. The van der Waals surface area contributed by atoms with Gasteiger partial charge in [-0.2, -0.15) is 0 Å². The van der Waals surface area contributed by atoms with E-state index in [4.69, 9.17) is 15.4 Å². The first-order valence-corrected chi connectivity index (χ1v) is 4.85. The van der Waals surface area contributed by atoms with E-state index < -0.39 is 5.82 Å². The Hall–Kier alpha value is -0.850. The maximum absolute atomic E-state index is 13.6. The predicted molar refractivity (Wildman–Crippen MR) is 56.2 cm³/mol. The molecule has 84 valence electrons. The maximum atomic E-state index is 13.6. The highest BCUT2D eigenvalue weighted by atomic mass is 79.9. The van der Waals surface area contributed by atoms with Crippen molar-refractivity contribution in [1.29, 1.82) is 0 Å². The van der Waals surface area contributed by atoms with Crippen molar-refractivity contribution >= 4 is 15.9 Å². The van der Waals surface area contributed by atoms with Crippen LogP contribution in [-0.2, 0) is 11.4 Å². The average molecular weight is 280 g/mol. The highest BCUT2D eigenvalue weighted by Gasteiger charge is 2.17. The van der Waals surface area contributed by atoms with Gasteiger partial charge < -0.3 is 9.47 Å². The van der Waals surface area contributed by atoms with Gasteiger partial charge in [-0.1, -0.05) is 0 Å². The molecule has 0 aliphatic carbocycles. The topological polar surface area (TPSA) is 53.7 Å². The van der Waals surface area contributed by atoms with Crippen molar-refractivity contribution in [3.8, 4) is 11.5 Å². The van der Waals surface area contributed by atoms with Gasteiger partial charge in [-0.3, -0.25) is 4.84 Å². The number of rotatable bonds is 4. The molecule has 1 aromatic rings. The Bertz CT molecular complexity index is 360. The van der Waals surface area contributed by atoms with Gasteiger partial charge in [0, 0.05) is 5.56 Å². The lowest BCUT2D eigenvalue weighted by molar-refractivity contribution is 0.121. The molecule has 0 radical (unpaired) electrons. The standard InChI is InChI=1S/C9H11BrFNO3/c1-13-6-3-5(4-15-12)8(11)7(10)9(6)14-2/h3H,4,12H2,1-2H3. The summed E-state index contributed by atoms with van der Waals surface area (Å²) in [5, 5.41) is 0. The van der Waals surface area contributed by atoms with Gasteiger partial charge >= 0.3 is 0 Å². The molecule has 0 bridgehead atoms. The Kier molecular flexibility index (Phi) is 4.31. The molecule has 0 unspecified atom stereocenters. The van der Waals surface area contributed by atoms with Crippen molar-refractivity contribution < 1.29 is 18.7 Å². The molecule has 0 aromatic heterocycles. The van der Waals surface area contributed by atoms with Gasteiger partial charge in [0.15, 0.2) is 11.5 Å². The molecule has 0 heterocycles. The Morgan fingerprint density at radius 3 is 2.53 bits per heavy atom. The number of hydrogen-bond donors (Lipinski definition) is 1. The molecule has 0 fully saturated rings. The number of nitrogens with two attached hydrogens (primary N) is 1. The third kappa shape index (κ3) is 2.39. The molecule has 0 aliphatic heterocycles. The molecule has 15 heavy (non-hydrogen) atoms. The summed E-state index contributed by atoms with van der Waals surface area (Å²) < 4.78 is 23.9. The van der Waals surface area contributed by atoms with E-state index in [1.807, 2.05) is 0 Å². The number of methoxy groups -OCH3 is 2. The Balaban J connectivity index is 3.29. The highest BCUT2D eigenvalue weighted by molar-refractivity contribution is 9.10. The van der Waals surface area contributed by atoms with Crippen LogP contribution >= 0.6 is 15.9 Å². The zero-order valence-electron chi connectivity index (χ0n) is 8.34. The van der Waals surface area contributed by atoms with E-state index in [1.165, 1.54) is 20.3 Å². The summed E-state index contributed by atoms with van der Waals surface area (Å²) >= 11 is 3.08. The third-order valence-corrected chi connectivity index (χ3v) is 2.57. The van der Waals surface area contributed by atoms with Crippen molar-refractivity contribution in [1.82, 2.24) is 0 Å². The van der Waals surface area contributed by atoms with Gasteiger partial charge in [0.25, 0.3) is 0 Å². The summed E-state index contributed by atoms with van der Waals surface area (Å²) in [5.41, 5.74) is 0.294. The quantitative estimate of drug-likeness (QED) is 0.857. The smallest absolute Gasteiger partial charge is 0.177 e. The molecular formula is C9H11BrFNO3. The van der Waals surface area contributed by atoms with Crippen LogP contribution in [-0.4, -0.2) is 14.2 Å². The van der Waals surface area contributed by atoms with E-state index >= 15 is 0 Å². The minimum Gasteiger partial charge on any atom is -0.493 e. The second kappa shape index (κ2) is 5.29. The van der Waals surface area contributed by atoms with Crippen molar-refractivity contribution in [2.45, 2.75) is 6.61 Å². The summed E-state index contributed by atoms with van der Waals surface area (Å²) in [7, 11) is 2.90. The van der Waals surface area contributed by atoms with Gasteiger partial charge in [0.2, 0.25) is 0 Å². The van der Waals surface area contributed by atoms with Gasteiger partial charge in [0.1, 0.15) is 5.82 Å². The summed E-state index contributed by atoms with van der Waals surface area (Å²) in [6.45, 7) is -0.0369.